The van der Waals surface area contributed by atoms with Gasteiger partial charge in [-0.15, -0.1) is 0 Å². The van der Waals surface area contributed by atoms with E-state index in [2.05, 4.69) is 16.4 Å². The Morgan fingerprint density at radius 1 is 0.973 bits per heavy atom. The Kier molecular flexibility index (Phi) is 8.23. The molecule has 2 N–H and O–H groups in total. The van der Waals surface area contributed by atoms with Gasteiger partial charge in [0.25, 0.3) is 0 Å². The van der Waals surface area contributed by atoms with Gasteiger partial charge in [-0.3, -0.25) is 0 Å². The highest BCUT2D eigenvalue weighted by Gasteiger charge is 2.21. The number of ether oxygens (including phenoxy) is 3. The van der Waals surface area contributed by atoms with Crippen molar-refractivity contribution in [2.24, 2.45) is 0 Å². The molecule has 0 amide bonds. The average molecular weight is 535 g/mol. The number of aromatic hydroxyl groups is 1. The molecule has 0 radical (unpaired) electrons. The number of hydrogen-bond donors (Lipinski definition) is 2. The predicted molar refractivity (Wildman–Crippen MR) is 144 cm³/mol. The van der Waals surface area contributed by atoms with Crippen molar-refractivity contribution in [2.75, 3.05) is 26.6 Å². The largest absolute Gasteiger partial charge is 0.506 e. The van der Waals surface area contributed by atoms with E-state index in [1.807, 2.05) is 30.3 Å². The molecule has 10 heteroatoms. The van der Waals surface area contributed by atoms with E-state index < -0.39 is 0 Å². The van der Waals surface area contributed by atoms with E-state index in [1.165, 1.54) is 39.2 Å². The molecule has 3 aromatic carbocycles. The van der Waals surface area contributed by atoms with Crippen LogP contribution in [0.25, 0.3) is 11.3 Å². The smallest absolute Gasteiger partial charge is 0.203 e. The fourth-order valence-corrected chi connectivity index (χ4v) is 4.55. The Hall–Kier alpha value is -4.13. The van der Waals surface area contributed by atoms with E-state index in [1.54, 1.807) is 24.3 Å². The van der Waals surface area contributed by atoms with Gasteiger partial charge < -0.3 is 24.6 Å². The molecule has 0 aliphatic rings. The van der Waals surface area contributed by atoms with Crippen LogP contribution in [0.2, 0.25) is 5.02 Å². The number of rotatable bonds is 9. The van der Waals surface area contributed by atoms with E-state index in [-0.39, 0.29) is 16.3 Å². The summed E-state index contributed by atoms with van der Waals surface area (Å²) in [5, 5.41) is 23.7. The first-order valence-electron chi connectivity index (χ1n) is 11.0. The molecule has 1 aromatic heterocycles. The number of nitrogens with zero attached hydrogens (tertiary/aromatic N) is 3. The Morgan fingerprint density at radius 2 is 1.68 bits per heavy atom. The Labute approximate surface area is 223 Å². The summed E-state index contributed by atoms with van der Waals surface area (Å²) < 4.78 is 16.5. The molecule has 0 atom stereocenters. The summed E-state index contributed by atoms with van der Waals surface area (Å²) >= 11 is 7.53. The van der Waals surface area contributed by atoms with Crippen LogP contribution >= 0.6 is 23.4 Å². The molecule has 0 fully saturated rings. The van der Waals surface area contributed by atoms with Crippen molar-refractivity contribution in [1.29, 1.82) is 5.26 Å². The summed E-state index contributed by atoms with van der Waals surface area (Å²) in [6.07, 6.45) is 0. The van der Waals surface area contributed by atoms with Gasteiger partial charge in [-0.1, -0.05) is 53.7 Å². The zero-order valence-electron chi connectivity index (χ0n) is 20.3. The number of thioether (sulfide) groups is 1. The molecule has 4 rings (SSSR count). The molecule has 0 aliphatic carbocycles. The van der Waals surface area contributed by atoms with E-state index in [0.29, 0.717) is 50.9 Å². The Morgan fingerprint density at radius 3 is 2.27 bits per heavy atom. The predicted octanol–water partition coefficient (Wildman–Crippen LogP) is 6.44. The monoisotopic (exact) mass is 534 g/mol. The minimum Gasteiger partial charge on any atom is -0.506 e. The number of halogens is 1. The Balaban J connectivity index is 1.86. The number of phenolic OH excluding ortho intramolecular Hbond substituents is 1. The van der Waals surface area contributed by atoms with Crippen LogP contribution in [-0.4, -0.2) is 36.4 Å². The number of anilines is 2. The van der Waals surface area contributed by atoms with Crippen LogP contribution in [-0.2, 0) is 5.75 Å². The first-order chi connectivity index (χ1) is 18.0. The quantitative estimate of drug-likeness (QED) is 0.142. The van der Waals surface area contributed by atoms with E-state index in [0.717, 1.165) is 5.56 Å². The topological polar surface area (TPSA) is 110 Å². The molecule has 188 valence electrons. The third kappa shape index (κ3) is 5.82. The van der Waals surface area contributed by atoms with Crippen molar-refractivity contribution in [1.82, 2.24) is 9.97 Å². The maximum Gasteiger partial charge on any atom is 0.203 e. The van der Waals surface area contributed by atoms with Gasteiger partial charge in [0.1, 0.15) is 17.4 Å². The fourth-order valence-electron chi connectivity index (χ4n) is 3.57. The first-order valence-corrected chi connectivity index (χ1v) is 12.4. The summed E-state index contributed by atoms with van der Waals surface area (Å²) in [5.74, 6) is 2.16. The van der Waals surface area contributed by atoms with Gasteiger partial charge in [0.15, 0.2) is 22.5 Å². The van der Waals surface area contributed by atoms with Crippen LogP contribution in [0.5, 0.6) is 23.0 Å². The lowest BCUT2D eigenvalue weighted by Gasteiger charge is -2.16. The van der Waals surface area contributed by atoms with Gasteiger partial charge in [-0.2, -0.15) is 5.26 Å². The highest BCUT2D eigenvalue weighted by Crippen LogP contribution is 2.42. The molecule has 37 heavy (non-hydrogen) atoms. The second-order valence-electron chi connectivity index (χ2n) is 7.67. The van der Waals surface area contributed by atoms with Crippen LogP contribution in [0.4, 0.5) is 11.5 Å². The van der Waals surface area contributed by atoms with Crippen molar-refractivity contribution < 1.29 is 19.3 Å². The number of hydrogen-bond acceptors (Lipinski definition) is 9. The lowest BCUT2D eigenvalue weighted by atomic mass is 10.1. The molecule has 0 aliphatic heterocycles. The minimum atomic E-state index is -0.0485. The Bertz CT molecular complexity index is 1440. The van der Waals surface area contributed by atoms with E-state index in [9.17, 15) is 10.4 Å². The van der Waals surface area contributed by atoms with Gasteiger partial charge >= 0.3 is 0 Å². The molecule has 0 spiro atoms. The molecular weight excluding hydrogens is 512 g/mol. The zero-order chi connectivity index (χ0) is 26.4. The maximum atomic E-state index is 10.2. The summed E-state index contributed by atoms with van der Waals surface area (Å²) in [6.45, 7) is 0. The molecule has 0 bridgehead atoms. The lowest BCUT2D eigenvalue weighted by Crippen LogP contribution is -2.04. The molecule has 0 saturated carbocycles. The van der Waals surface area contributed by atoms with Crippen molar-refractivity contribution >= 4 is 34.9 Å². The third-order valence-electron chi connectivity index (χ3n) is 5.36. The van der Waals surface area contributed by atoms with Crippen molar-refractivity contribution in [3.8, 4) is 40.3 Å². The van der Waals surface area contributed by atoms with Crippen molar-refractivity contribution in [3.05, 3.63) is 76.8 Å². The maximum absolute atomic E-state index is 10.2. The second-order valence-corrected chi connectivity index (χ2v) is 9.02. The molecule has 8 nitrogen and oxygen atoms in total. The summed E-state index contributed by atoms with van der Waals surface area (Å²) in [4.78, 5) is 9.38. The normalized spacial score (nSPS) is 10.5. The minimum absolute atomic E-state index is 0.0485. The van der Waals surface area contributed by atoms with Gasteiger partial charge in [0.05, 0.1) is 32.0 Å². The number of aromatic nitrogens is 2. The zero-order valence-corrected chi connectivity index (χ0v) is 21.9. The van der Waals surface area contributed by atoms with Crippen LogP contribution < -0.4 is 19.5 Å². The first kappa shape index (κ1) is 25.9. The van der Waals surface area contributed by atoms with Gasteiger partial charge in [0, 0.05) is 17.0 Å². The number of phenols is 1. The number of methoxy groups -OCH3 is 3. The number of benzene rings is 3. The SMILES string of the molecule is COc1cc(-c2nc(SCc3ccccc3)nc(Nc3ccc(O)c(Cl)c3)c2C#N)cc(OC)c1OC. The summed E-state index contributed by atoms with van der Waals surface area (Å²) in [7, 11) is 4.57. The summed E-state index contributed by atoms with van der Waals surface area (Å²) in [5.41, 5.74) is 2.84. The summed E-state index contributed by atoms with van der Waals surface area (Å²) in [6, 6.07) is 20.3. The van der Waals surface area contributed by atoms with Gasteiger partial charge in [-0.05, 0) is 35.9 Å². The average Bonchev–Trinajstić information content (AvgIpc) is 2.93. The molecule has 0 saturated heterocycles. The van der Waals surface area contributed by atoms with Crippen molar-refractivity contribution in [3.63, 3.8) is 0 Å². The highest BCUT2D eigenvalue weighted by molar-refractivity contribution is 7.98. The highest BCUT2D eigenvalue weighted by atomic mass is 35.5. The second kappa shape index (κ2) is 11.7. The van der Waals surface area contributed by atoms with Crippen LogP contribution in [0, 0.1) is 11.3 Å². The van der Waals surface area contributed by atoms with Crippen molar-refractivity contribution in [2.45, 2.75) is 10.9 Å². The molecule has 1 heterocycles. The van der Waals surface area contributed by atoms with Crippen LogP contribution in [0.3, 0.4) is 0 Å². The number of nitriles is 1. The van der Waals surface area contributed by atoms with Gasteiger partial charge in [-0.25, -0.2) is 9.97 Å². The fraction of sp³-hybridized carbons (Fsp3) is 0.148. The van der Waals surface area contributed by atoms with E-state index in [4.69, 9.17) is 30.8 Å². The standard InChI is InChI=1S/C27H23ClN4O4S/c1-34-22-11-17(12-23(35-2)25(22)36-3)24-19(14-29)26(30-18-9-10-21(33)20(28)13-18)32-27(31-24)37-15-16-7-5-4-6-8-16/h4-13,33H,15H2,1-3H3,(H,30,31,32). The molecular formula is C27H23ClN4O4S. The van der Waals surface area contributed by atoms with E-state index >= 15 is 0 Å². The van der Waals surface area contributed by atoms with Crippen LogP contribution in [0.1, 0.15) is 11.1 Å². The third-order valence-corrected chi connectivity index (χ3v) is 6.58. The van der Waals surface area contributed by atoms with Crippen LogP contribution in [0.15, 0.2) is 65.8 Å². The number of nitrogens with one attached hydrogen (secondary N) is 1. The molecule has 0 unspecified atom stereocenters. The lowest BCUT2D eigenvalue weighted by molar-refractivity contribution is 0.324. The molecule has 4 aromatic rings. The van der Waals surface area contributed by atoms with Gasteiger partial charge in [0.2, 0.25) is 5.75 Å².